The number of halogens is 6. The predicted octanol–water partition coefficient (Wildman–Crippen LogP) is 6.97. The smallest absolute Gasteiger partial charge is 0.405 e. The van der Waals surface area contributed by atoms with Crippen molar-refractivity contribution >= 4 is 17.2 Å². The maximum Gasteiger partial charge on any atom is 0.573 e. The molecule has 0 aliphatic heterocycles. The molecule has 0 saturated heterocycles. The number of nitrogens with zero attached hydrogens (tertiary/aromatic N) is 3. The number of alkyl halides is 6. The van der Waals surface area contributed by atoms with Gasteiger partial charge in [-0.2, -0.15) is 18.3 Å². The Morgan fingerprint density at radius 3 is 2.27 bits per heavy atom. The van der Waals surface area contributed by atoms with Crippen LogP contribution in [0.2, 0.25) is 0 Å². The second kappa shape index (κ2) is 9.09. The molecule has 0 fully saturated rings. The number of fused-ring (bicyclic) bond motifs is 1. The number of carbonyl (C=O) groups is 1. The van der Waals surface area contributed by atoms with Crippen molar-refractivity contribution < 1.29 is 35.9 Å². The number of para-hydroxylation sites is 1. The summed E-state index contributed by atoms with van der Waals surface area (Å²) in [4.78, 5) is 16.8. The van der Waals surface area contributed by atoms with Crippen molar-refractivity contribution in [3.63, 3.8) is 0 Å². The van der Waals surface area contributed by atoms with Gasteiger partial charge in [0.1, 0.15) is 5.75 Å². The number of nitrogens with one attached hydrogen (secondary N) is 1. The molecule has 4 aromatic rings. The zero-order valence-corrected chi connectivity index (χ0v) is 19.7. The van der Waals surface area contributed by atoms with Crippen LogP contribution in [0.25, 0.3) is 28.2 Å². The summed E-state index contributed by atoms with van der Waals surface area (Å²) < 4.78 is 84.5. The number of rotatable bonds is 4. The first-order chi connectivity index (χ1) is 17.1. The highest BCUT2D eigenvalue weighted by molar-refractivity contribution is 5.96. The second-order valence-corrected chi connectivity index (χ2v) is 9.15. The van der Waals surface area contributed by atoms with E-state index in [-0.39, 0.29) is 22.5 Å². The third kappa shape index (κ3) is 5.84. The van der Waals surface area contributed by atoms with E-state index in [1.54, 1.807) is 20.8 Å². The van der Waals surface area contributed by atoms with Crippen molar-refractivity contribution in [3.8, 4) is 28.3 Å². The van der Waals surface area contributed by atoms with Crippen LogP contribution in [-0.2, 0) is 11.0 Å². The van der Waals surface area contributed by atoms with Gasteiger partial charge < -0.3 is 10.1 Å². The average molecular weight is 522 g/mol. The minimum atomic E-state index is -4.90. The van der Waals surface area contributed by atoms with Crippen molar-refractivity contribution in [1.82, 2.24) is 14.6 Å². The number of carbonyl (C=O) groups excluding carboxylic acids is 1. The molecule has 37 heavy (non-hydrogen) atoms. The van der Waals surface area contributed by atoms with Crippen molar-refractivity contribution in [2.24, 2.45) is 5.41 Å². The molecular formula is C25H20F6N4O2. The molecule has 0 radical (unpaired) electrons. The Morgan fingerprint density at radius 2 is 1.62 bits per heavy atom. The van der Waals surface area contributed by atoms with Crippen molar-refractivity contribution in [3.05, 3.63) is 66.4 Å². The van der Waals surface area contributed by atoms with E-state index >= 15 is 0 Å². The largest absolute Gasteiger partial charge is 0.573 e. The molecule has 4 rings (SSSR count). The third-order valence-electron chi connectivity index (χ3n) is 5.26. The molecule has 6 nitrogen and oxygen atoms in total. The van der Waals surface area contributed by atoms with E-state index in [4.69, 9.17) is 0 Å². The van der Waals surface area contributed by atoms with Crippen molar-refractivity contribution in [1.29, 1.82) is 0 Å². The van der Waals surface area contributed by atoms with Crippen LogP contribution >= 0.6 is 0 Å². The summed E-state index contributed by atoms with van der Waals surface area (Å²) >= 11 is 0. The number of aromatic nitrogens is 3. The summed E-state index contributed by atoms with van der Waals surface area (Å²) in [7, 11) is 0. The van der Waals surface area contributed by atoms with Gasteiger partial charge in [-0.1, -0.05) is 39.0 Å². The lowest BCUT2D eigenvalue weighted by Crippen LogP contribution is -2.28. The Hall–Kier alpha value is -4.09. The van der Waals surface area contributed by atoms with E-state index in [2.05, 4.69) is 20.1 Å². The molecule has 2 aromatic heterocycles. The highest BCUT2D eigenvalue weighted by Gasteiger charge is 2.35. The molecule has 0 atom stereocenters. The van der Waals surface area contributed by atoms with Gasteiger partial charge in [0.2, 0.25) is 5.91 Å². The quantitative estimate of drug-likeness (QED) is 0.294. The molecule has 2 aromatic carbocycles. The van der Waals surface area contributed by atoms with Crippen LogP contribution in [-0.4, -0.2) is 26.9 Å². The minimum absolute atomic E-state index is 0.0821. The highest BCUT2D eigenvalue weighted by atomic mass is 19.4. The van der Waals surface area contributed by atoms with Gasteiger partial charge in [0, 0.05) is 16.5 Å². The van der Waals surface area contributed by atoms with Gasteiger partial charge in [-0.3, -0.25) is 4.79 Å². The van der Waals surface area contributed by atoms with Crippen LogP contribution in [0.5, 0.6) is 5.75 Å². The van der Waals surface area contributed by atoms with Gasteiger partial charge in [0.05, 0.1) is 28.8 Å². The van der Waals surface area contributed by atoms with E-state index in [1.807, 2.05) is 0 Å². The molecule has 0 spiro atoms. The zero-order chi connectivity index (χ0) is 27.2. The fraction of sp³-hybridized carbons (Fsp3) is 0.240. The number of amides is 1. The van der Waals surface area contributed by atoms with E-state index in [9.17, 15) is 31.1 Å². The average Bonchev–Trinajstić information content (AvgIpc) is 3.20. The number of anilines is 1. The molecule has 0 saturated carbocycles. The first-order valence-corrected chi connectivity index (χ1v) is 10.9. The molecule has 194 valence electrons. The Labute approximate surface area is 206 Å². The van der Waals surface area contributed by atoms with Crippen LogP contribution in [0, 0.1) is 5.41 Å². The number of imidazole rings is 1. The Balaban J connectivity index is 1.75. The summed E-state index contributed by atoms with van der Waals surface area (Å²) in [6, 6.07) is 11.7. The first-order valence-electron chi connectivity index (χ1n) is 10.9. The van der Waals surface area contributed by atoms with Crippen LogP contribution < -0.4 is 10.1 Å². The number of hydrogen-bond donors (Lipinski definition) is 1. The lowest BCUT2D eigenvalue weighted by atomic mass is 9.95. The Kier molecular flexibility index (Phi) is 6.39. The van der Waals surface area contributed by atoms with E-state index in [0.717, 1.165) is 12.1 Å². The number of ether oxygens (including phenoxy) is 1. The van der Waals surface area contributed by atoms with Crippen LogP contribution in [0.3, 0.4) is 0 Å². The summed E-state index contributed by atoms with van der Waals surface area (Å²) in [5, 5.41) is 6.64. The fourth-order valence-corrected chi connectivity index (χ4v) is 3.42. The molecule has 2 heterocycles. The summed E-state index contributed by atoms with van der Waals surface area (Å²) in [6.07, 6.45) is -8.19. The monoisotopic (exact) mass is 522 g/mol. The van der Waals surface area contributed by atoms with Crippen molar-refractivity contribution in [2.75, 3.05) is 5.32 Å². The Bertz CT molecular complexity index is 1470. The van der Waals surface area contributed by atoms with Gasteiger partial charge in [-0.25, -0.2) is 9.50 Å². The SMILES string of the molecule is CC(C)(C)C(=O)Nc1cc(-c2cn3nc(-c4ccccc4OC(F)(F)F)ccc3n2)ccc1C(F)(F)F. The van der Waals surface area contributed by atoms with Crippen LogP contribution in [0.1, 0.15) is 26.3 Å². The molecule has 0 bridgehead atoms. The molecule has 12 heteroatoms. The van der Waals surface area contributed by atoms with Crippen LogP contribution in [0.15, 0.2) is 60.8 Å². The normalized spacial score (nSPS) is 12.6. The van der Waals surface area contributed by atoms with Crippen molar-refractivity contribution in [2.45, 2.75) is 33.3 Å². The second-order valence-electron chi connectivity index (χ2n) is 9.15. The van der Waals surface area contributed by atoms with E-state index in [0.29, 0.717) is 5.65 Å². The fourth-order valence-electron chi connectivity index (χ4n) is 3.42. The van der Waals surface area contributed by atoms with Gasteiger partial charge in [0.25, 0.3) is 0 Å². The Morgan fingerprint density at radius 1 is 0.919 bits per heavy atom. The molecule has 1 amide bonds. The van der Waals surface area contributed by atoms with Gasteiger partial charge in [0.15, 0.2) is 5.65 Å². The maximum absolute atomic E-state index is 13.6. The van der Waals surface area contributed by atoms with Gasteiger partial charge >= 0.3 is 12.5 Å². The summed E-state index contributed by atoms with van der Waals surface area (Å²) in [6.45, 7) is 4.72. The maximum atomic E-state index is 13.6. The summed E-state index contributed by atoms with van der Waals surface area (Å²) in [5.41, 5.74) is -1.33. The molecule has 0 unspecified atom stereocenters. The molecule has 0 aliphatic rings. The zero-order valence-electron chi connectivity index (χ0n) is 19.7. The van der Waals surface area contributed by atoms with Crippen LogP contribution in [0.4, 0.5) is 32.0 Å². The standard InChI is InChI=1S/C25H20F6N4O2/c1-23(2,3)22(36)33-18-12-14(8-9-16(18)24(26,27)28)19-13-35-21(32-19)11-10-17(34-35)15-6-4-5-7-20(15)37-25(29,30)31/h4-13H,1-3H3,(H,33,36). The molecular weight excluding hydrogens is 502 g/mol. The lowest BCUT2D eigenvalue weighted by molar-refractivity contribution is -0.274. The highest BCUT2D eigenvalue weighted by Crippen LogP contribution is 2.38. The topological polar surface area (TPSA) is 68.5 Å². The first kappa shape index (κ1) is 26.0. The van der Waals surface area contributed by atoms with Gasteiger partial charge in [-0.05, 0) is 36.4 Å². The minimum Gasteiger partial charge on any atom is -0.405 e. The predicted molar refractivity (Wildman–Crippen MR) is 124 cm³/mol. The molecule has 0 aliphatic carbocycles. The summed E-state index contributed by atoms with van der Waals surface area (Å²) in [5.74, 6) is -1.04. The lowest BCUT2D eigenvalue weighted by Gasteiger charge is -2.20. The number of hydrogen-bond acceptors (Lipinski definition) is 4. The molecule has 1 N–H and O–H groups in total. The van der Waals surface area contributed by atoms with Gasteiger partial charge in [-0.15, -0.1) is 13.2 Å². The van der Waals surface area contributed by atoms with E-state index < -0.39 is 40.9 Å². The number of benzene rings is 2. The van der Waals surface area contributed by atoms with E-state index in [1.165, 1.54) is 53.2 Å². The third-order valence-corrected chi connectivity index (χ3v) is 5.26.